The maximum absolute atomic E-state index is 13.1. The van der Waals surface area contributed by atoms with Crippen molar-refractivity contribution in [1.82, 2.24) is 56.4 Å². The second-order valence-electron chi connectivity index (χ2n) is 29.4. The smallest absolute Gasteiger partial charge is 0.410 e. The molecule has 7 aliphatic rings. The van der Waals surface area contributed by atoms with Gasteiger partial charge in [0.05, 0.1) is 60.0 Å². The first-order valence-corrected chi connectivity index (χ1v) is 35.8. The Bertz CT molecular complexity index is 3200. The van der Waals surface area contributed by atoms with Crippen LogP contribution < -0.4 is 54.8 Å². The molecular formula is C71H123ClN15O22PdS-. The molecule has 0 bridgehead atoms. The first-order valence-electron chi connectivity index (χ1n) is 35.8. The van der Waals surface area contributed by atoms with Crippen LogP contribution in [0.2, 0.25) is 0 Å². The molecule has 19 N–H and O–H groups in total. The normalized spacial score (nSPS) is 22.3. The van der Waals surface area contributed by atoms with Crippen molar-refractivity contribution in [1.29, 1.82) is 0 Å². The van der Waals surface area contributed by atoms with Gasteiger partial charge in [-0.1, -0.05) is 37.8 Å². The number of nitrogens with zero attached hydrogens (tertiary/aromatic N) is 5. The number of carbonyl (C=O) groups excluding carboxylic acids is 13. The zero-order valence-electron chi connectivity index (χ0n) is 64.5. The summed E-state index contributed by atoms with van der Waals surface area (Å²) in [4.78, 5) is 173. The Balaban J connectivity index is 0. The van der Waals surface area contributed by atoms with Gasteiger partial charge in [0.1, 0.15) is 48.0 Å². The number of nitrogens with one attached hydrogen (secondary N) is 6. The minimum absolute atomic E-state index is 0. The maximum Gasteiger partial charge on any atom is 0.410 e. The first-order chi connectivity index (χ1) is 49.5. The summed E-state index contributed by atoms with van der Waals surface area (Å²) in [6.45, 7) is 21.8. The average molecular weight is 1710 g/mol. The Morgan fingerprint density at radius 3 is 1.19 bits per heavy atom. The molecule has 15 atom stereocenters. The van der Waals surface area contributed by atoms with Gasteiger partial charge < -0.3 is 122 Å². The van der Waals surface area contributed by atoms with E-state index in [4.69, 9.17) is 42.3 Å². The molecule has 13 amide bonds. The molecule has 7 aliphatic heterocycles. The molecule has 0 spiro atoms. The average Bonchev–Trinajstić information content (AvgIpc) is 1.69. The number of carboxylic acid groups (broad SMARTS) is 1. The third-order valence-electron chi connectivity index (χ3n) is 18.3. The fourth-order valence-electron chi connectivity index (χ4n) is 12.3. The van der Waals surface area contributed by atoms with Crippen LogP contribution in [0.3, 0.4) is 0 Å². The zero-order valence-corrected chi connectivity index (χ0v) is 67.9. The van der Waals surface area contributed by atoms with Crippen LogP contribution in [0.1, 0.15) is 140 Å². The minimum atomic E-state index is -1.18. The number of aliphatic hydroxyl groups excluding tert-OH is 4. The van der Waals surface area contributed by atoms with Gasteiger partial charge in [0.2, 0.25) is 59.1 Å². The summed E-state index contributed by atoms with van der Waals surface area (Å²) in [5, 5.41) is 62.6. The van der Waals surface area contributed by atoms with E-state index in [2.05, 4.69) is 31.9 Å². The van der Waals surface area contributed by atoms with E-state index in [1.807, 2.05) is 30.3 Å². The van der Waals surface area contributed by atoms with Crippen LogP contribution in [-0.4, -0.2) is 284 Å². The maximum atomic E-state index is 13.1. The molecule has 0 radical (unpaired) electrons. The van der Waals surface area contributed by atoms with E-state index in [9.17, 15) is 87.5 Å². The Morgan fingerprint density at radius 2 is 0.856 bits per heavy atom. The molecule has 1 aromatic rings. The Hall–Kier alpha value is -7.74. The number of nitrogens with two attached hydrogens (primary N) is 4. The summed E-state index contributed by atoms with van der Waals surface area (Å²) < 4.78 is 15.8. The number of amides is 13. The molecule has 0 aliphatic carbocycles. The Labute approximate surface area is 676 Å². The number of aliphatic carboxylic acids is 1. The summed E-state index contributed by atoms with van der Waals surface area (Å²) in [6.07, 6.45) is 0.114. The number of halogens is 1. The van der Waals surface area contributed by atoms with Gasteiger partial charge >= 0.3 is 24.2 Å². The van der Waals surface area contributed by atoms with Gasteiger partial charge in [-0.3, -0.25) is 57.6 Å². The predicted octanol–water partition coefficient (Wildman–Crippen LogP) is -1.59. The van der Waals surface area contributed by atoms with E-state index < -0.39 is 143 Å². The number of rotatable bonds is 21. The van der Waals surface area contributed by atoms with Gasteiger partial charge in [-0.2, -0.15) is 13.5 Å². The second-order valence-corrected chi connectivity index (χ2v) is 29.4. The SMILES string of the molecule is C.CC(C)(C)OC(=O)N1CC[C@H](C(=O)O)C1.C[C@@H](O)[C@H](NC(=O)C1CCN(C(=O)[C@@H]2CCCN2)C1)C(N)=O.C[C@@H](O)[C@H](NC(=O)[C@H]1CCN(C(=O)OC(C)(C)C)C1)C(N)=O.C[C@@H](O)[C@H](NC(=O)[C@H]1CCN(C(=O)[C@@H]2CCCN2C(=O)OCc2ccccc2)C1)C(N)=O.C[C@@H](O)[C@H](NC(=O)[C@H]1CCNC1)C(N)=O.Cl.S.[CH3-].[Pd]. The first kappa shape index (κ1) is 105. The zero-order chi connectivity index (χ0) is 79.7. The number of primary amides is 4. The summed E-state index contributed by atoms with van der Waals surface area (Å²) >= 11 is 0. The van der Waals surface area contributed by atoms with Gasteiger partial charge in [-0.15, -0.1) is 12.4 Å². The number of carboxylic acids is 1. The van der Waals surface area contributed by atoms with Crippen molar-refractivity contribution in [2.45, 2.75) is 213 Å². The summed E-state index contributed by atoms with van der Waals surface area (Å²) in [5.74, 6) is -7.47. The van der Waals surface area contributed by atoms with Crippen molar-refractivity contribution in [3.05, 3.63) is 43.3 Å². The predicted molar refractivity (Wildman–Crippen MR) is 409 cm³/mol. The van der Waals surface area contributed by atoms with Crippen molar-refractivity contribution >= 4 is 109 Å². The fraction of sp³-hybridized carbons (Fsp3) is 0.704. The monoisotopic (exact) mass is 1710 g/mol. The van der Waals surface area contributed by atoms with E-state index in [-0.39, 0.29) is 129 Å². The second kappa shape index (κ2) is 49.7. The molecule has 0 aromatic heterocycles. The standard InChI is InChI=1S/C22H30N4O6.C14H24N4O4.C14H25N3O5.C10H17NO4.C9H17N3O3.CH4.CH3.ClH.Pd.H2S/c1-14(27)18(19(23)28)24-20(29)16-9-11-25(12-16)21(30)17-8-5-10-26(17)22(31)32-13-15-6-3-2-4-7-15;1-8(19)11(12(15)20)17-13(21)9-4-6-18(7-9)14(22)10-3-2-5-16-10;1-8(18)10(11(15)19)16-12(20)9-5-6-17(7-9)13(21)22-14(2,3)4;1-10(2,3)15-9(14)11-5-4-7(6-11)8(12)13;1-5(13)7(8(10)14)12-9(15)6-2-3-11-4-6;;;;;/h2-4,6-7,14,16-18,27H,5,8-13H2,1H3,(H2,23,28)(H,24,29);8-11,16,19H,2-7H2,1H3,(H2,15,20)(H,17,21);8-10,18H,5-7H2,1-4H3,(H2,15,19)(H,16,20);7H,4-6H2,1-3H3,(H,12,13);5-7,11,13H,2-4H2,1H3,(H2,10,14)(H,12,15);1H4;1H3;1H;;1H2/q;;;;;;-1;;;/t14-,16+,17+,18+;8-,9?,10+,11+;8-,9+,10+;7-;5-,6+,7+;;;;;/m11101...../s1. The molecule has 1 unspecified atom stereocenters. The van der Waals surface area contributed by atoms with E-state index in [0.29, 0.717) is 84.3 Å². The molecule has 1 aromatic carbocycles. The molecule has 7 saturated heterocycles. The Kier molecular flexibility index (Phi) is 47.1. The molecule has 7 heterocycles. The number of carbonyl (C=O) groups is 14. The fourth-order valence-corrected chi connectivity index (χ4v) is 12.3. The van der Waals surface area contributed by atoms with E-state index in [1.165, 1.54) is 42.4 Å². The molecule has 111 heavy (non-hydrogen) atoms. The van der Waals surface area contributed by atoms with Gasteiger partial charge in [-0.25, -0.2) is 14.4 Å². The number of likely N-dealkylation sites (tertiary alicyclic amines) is 5. The van der Waals surface area contributed by atoms with Gasteiger partial charge in [0, 0.05) is 85.9 Å². The van der Waals surface area contributed by atoms with Crippen molar-refractivity contribution in [2.24, 2.45) is 52.5 Å². The number of hydrogen-bond donors (Lipinski definition) is 15. The van der Waals surface area contributed by atoms with Gasteiger partial charge in [0.15, 0.2) is 0 Å². The van der Waals surface area contributed by atoms with Crippen LogP contribution in [0.4, 0.5) is 14.4 Å². The molecular weight excluding hydrogens is 1590 g/mol. The quantitative estimate of drug-likeness (QED) is 0.0375. The number of ether oxygens (including phenoxy) is 3. The molecule has 40 heteroatoms. The largest absolute Gasteiger partial charge is 0.481 e. The molecule has 638 valence electrons. The molecule has 37 nitrogen and oxygen atoms in total. The van der Waals surface area contributed by atoms with E-state index in [1.54, 1.807) is 51.3 Å². The minimum Gasteiger partial charge on any atom is -0.481 e. The third kappa shape index (κ3) is 35.0. The Morgan fingerprint density at radius 1 is 0.495 bits per heavy atom. The van der Waals surface area contributed by atoms with Crippen molar-refractivity contribution in [3.8, 4) is 0 Å². The van der Waals surface area contributed by atoms with Crippen LogP contribution in [0.15, 0.2) is 30.3 Å². The van der Waals surface area contributed by atoms with Gasteiger partial charge in [0.25, 0.3) is 0 Å². The topological polar surface area (TPSA) is 560 Å². The van der Waals surface area contributed by atoms with Crippen LogP contribution in [0.25, 0.3) is 0 Å². The number of hydrogen-bond acceptors (Lipinski definition) is 23. The van der Waals surface area contributed by atoms with Crippen LogP contribution in [0.5, 0.6) is 0 Å². The van der Waals surface area contributed by atoms with Gasteiger partial charge in [-0.05, 0) is 146 Å². The summed E-state index contributed by atoms with van der Waals surface area (Å²) in [7, 11) is 0. The summed E-state index contributed by atoms with van der Waals surface area (Å²) in [6, 6.07) is 4.13. The van der Waals surface area contributed by atoms with Crippen LogP contribution in [0, 0.1) is 37.0 Å². The molecule has 0 saturated carbocycles. The van der Waals surface area contributed by atoms with Crippen molar-refractivity contribution in [2.75, 3.05) is 78.5 Å². The van der Waals surface area contributed by atoms with Crippen LogP contribution in [-0.2, 0) is 94.0 Å². The van der Waals surface area contributed by atoms with Crippen LogP contribution >= 0.6 is 25.9 Å². The molecule has 8 rings (SSSR count). The van der Waals surface area contributed by atoms with E-state index >= 15 is 0 Å². The third-order valence-corrected chi connectivity index (χ3v) is 18.3. The molecule has 7 fully saturated rings. The van der Waals surface area contributed by atoms with E-state index in [0.717, 1.165) is 37.9 Å². The number of benzene rings is 1. The van der Waals surface area contributed by atoms with Crippen molar-refractivity contribution < 1.29 is 127 Å². The van der Waals surface area contributed by atoms with Crippen molar-refractivity contribution in [3.63, 3.8) is 0 Å². The summed E-state index contributed by atoms with van der Waals surface area (Å²) in [5.41, 5.74) is 20.3. The number of aliphatic hydroxyl groups is 4.